The van der Waals surface area contributed by atoms with E-state index in [-0.39, 0.29) is 5.75 Å². The summed E-state index contributed by atoms with van der Waals surface area (Å²) < 4.78 is 40.9. The second-order valence-electron chi connectivity index (χ2n) is 4.15. The zero-order valence-electron chi connectivity index (χ0n) is 10.2. The molecule has 0 aliphatic heterocycles. The molecular formula is C14H11BrF3NO. The van der Waals surface area contributed by atoms with Gasteiger partial charge in [0.15, 0.2) is 0 Å². The molecule has 1 atom stereocenters. The predicted molar refractivity (Wildman–Crippen MR) is 73.3 cm³/mol. The van der Waals surface area contributed by atoms with E-state index in [0.29, 0.717) is 5.56 Å². The first-order valence-electron chi connectivity index (χ1n) is 5.72. The molecule has 2 aromatic carbocycles. The van der Waals surface area contributed by atoms with E-state index in [9.17, 15) is 13.2 Å². The second-order valence-corrected chi connectivity index (χ2v) is 5.06. The van der Waals surface area contributed by atoms with E-state index in [4.69, 9.17) is 5.73 Å². The van der Waals surface area contributed by atoms with Gasteiger partial charge in [-0.2, -0.15) is 0 Å². The lowest BCUT2D eigenvalue weighted by Gasteiger charge is -2.14. The lowest BCUT2D eigenvalue weighted by Crippen LogP contribution is -2.17. The molecular weight excluding hydrogens is 335 g/mol. The van der Waals surface area contributed by atoms with Crippen LogP contribution in [0.2, 0.25) is 0 Å². The minimum Gasteiger partial charge on any atom is -0.406 e. The van der Waals surface area contributed by atoms with Crippen LogP contribution in [0.3, 0.4) is 0 Å². The molecule has 20 heavy (non-hydrogen) atoms. The summed E-state index contributed by atoms with van der Waals surface area (Å²) in [6, 6.07) is 12.6. The van der Waals surface area contributed by atoms with Gasteiger partial charge in [0.1, 0.15) is 5.75 Å². The van der Waals surface area contributed by atoms with Crippen LogP contribution in [0.5, 0.6) is 5.75 Å². The van der Waals surface area contributed by atoms with Gasteiger partial charge >= 0.3 is 6.36 Å². The number of hydrogen-bond acceptors (Lipinski definition) is 2. The average Bonchev–Trinajstić information content (AvgIpc) is 2.38. The smallest absolute Gasteiger partial charge is 0.406 e. The van der Waals surface area contributed by atoms with Crippen LogP contribution in [0.1, 0.15) is 17.2 Å². The highest BCUT2D eigenvalue weighted by Gasteiger charge is 2.31. The Morgan fingerprint density at radius 3 is 1.80 bits per heavy atom. The monoisotopic (exact) mass is 345 g/mol. The van der Waals surface area contributed by atoms with Crippen LogP contribution in [0.15, 0.2) is 53.0 Å². The molecule has 6 heteroatoms. The van der Waals surface area contributed by atoms with E-state index in [0.717, 1.165) is 10.0 Å². The summed E-state index contributed by atoms with van der Waals surface area (Å²) in [7, 11) is 0. The second kappa shape index (κ2) is 5.85. The molecule has 0 aliphatic rings. The Labute approximate surface area is 122 Å². The maximum Gasteiger partial charge on any atom is 0.573 e. The SMILES string of the molecule is N[C@H](c1ccc(Br)cc1)c1ccc(OC(F)(F)F)cc1. The highest BCUT2D eigenvalue weighted by molar-refractivity contribution is 9.10. The van der Waals surface area contributed by atoms with Crippen LogP contribution in [-0.4, -0.2) is 6.36 Å². The minimum atomic E-state index is -4.69. The van der Waals surface area contributed by atoms with Crippen molar-refractivity contribution < 1.29 is 17.9 Å². The van der Waals surface area contributed by atoms with Gasteiger partial charge in [0, 0.05) is 4.47 Å². The molecule has 0 heterocycles. The maximum atomic E-state index is 12.1. The molecule has 2 aromatic rings. The van der Waals surface area contributed by atoms with E-state index in [1.54, 1.807) is 0 Å². The number of ether oxygens (including phenoxy) is 1. The standard InChI is InChI=1S/C14H11BrF3NO/c15-11-5-1-9(2-6-11)13(19)10-3-7-12(8-4-10)20-14(16,17)18/h1-8,13H,19H2/t13-/m1/s1. The van der Waals surface area contributed by atoms with Crippen molar-refractivity contribution in [1.29, 1.82) is 0 Å². The number of benzene rings is 2. The largest absolute Gasteiger partial charge is 0.573 e. The first-order chi connectivity index (χ1) is 9.35. The molecule has 2 nitrogen and oxygen atoms in total. The molecule has 0 fully saturated rings. The summed E-state index contributed by atoms with van der Waals surface area (Å²) in [6.45, 7) is 0. The molecule has 0 saturated heterocycles. The van der Waals surface area contributed by atoms with Crippen LogP contribution in [0.4, 0.5) is 13.2 Å². The third-order valence-electron chi connectivity index (χ3n) is 2.70. The number of alkyl halides is 3. The van der Waals surface area contributed by atoms with Crippen molar-refractivity contribution in [2.75, 3.05) is 0 Å². The minimum absolute atomic E-state index is 0.260. The number of nitrogens with two attached hydrogens (primary N) is 1. The highest BCUT2D eigenvalue weighted by Crippen LogP contribution is 2.26. The molecule has 106 valence electrons. The normalized spacial score (nSPS) is 13.1. The Hall–Kier alpha value is -1.53. The molecule has 0 saturated carbocycles. The van der Waals surface area contributed by atoms with Crippen molar-refractivity contribution in [3.05, 3.63) is 64.1 Å². The summed E-state index contributed by atoms with van der Waals surface area (Å²) in [5.41, 5.74) is 7.65. The van der Waals surface area contributed by atoms with Gasteiger partial charge in [-0.3, -0.25) is 0 Å². The van der Waals surface area contributed by atoms with Crippen LogP contribution in [0.25, 0.3) is 0 Å². The Morgan fingerprint density at radius 2 is 1.35 bits per heavy atom. The quantitative estimate of drug-likeness (QED) is 0.894. The zero-order valence-corrected chi connectivity index (χ0v) is 11.8. The van der Waals surface area contributed by atoms with Crippen molar-refractivity contribution >= 4 is 15.9 Å². The summed E-state index contributed by atoms with van der Waals surface area (Å²) in [5, 5.41) is 0. The van der Waals surface area contributed by atoms with Crippen LogP contribution >= 0.6 is 15.9 Å². The van der Waals surface area contributed by atoms with E-state index in [1.807, 2.05) is 24.3 Å². The Kier molecular flexibility index (Phi) is 4.35. The van der Waals surface area contributed by atoms with Crippen molar-refractivity contribution in [2.24, 2.45) is 5.73 Å². The number of rotatable bonds is 3. The summed E-state index contributed by atoms with van der Waals surface area (Å²) in [5.74, 6) is -0.260. The van der Waals surface area contributed by atoms with E-state index in [1.165, 1.54) is 24.3 Å². The highest BCUT2D eigenvalue weighted by atomic mass is 79.9. The van der Waals surface area contributed by atoms with Gasteiger partial charge in [-0.1, -0.05) is 40.2 Å². The van der Waals surface area contributed by atoms with Crippen molar-refractivity contribution in [3.63, 3.8) is 0 Å². The molecule has 0 radical (unpaired) electrons. The van der Waals surface area contributed by atoms with Crippen LogP contribution < -0.4 is 10.5 Å². The van der Waals surface area contributed by atoms with E-state index in [2.05, 4.69) is 20.7 Å². The number of halogens is 4. The van der Waals surface area contributed by atoms with Crippen molar-refractivity contribution in [2.45, 2.75) is 12.4 Å². The molecule has 0 unspecified atom stereocenters. The summed E-state index contributed by atoms with van der Waals surface area (Å²) >= 11 is 3.32. The molecule has 0 amide bonds. The lowest BCUT2D eigenvalue weighted by molar-refractivity contribution is -0.274. The fraction of sp³-hybridized carbons (Fsp3) is 0.143. The Bertz CT molecular complexity index is 566. The zero-order chi connectivity index (χ0) is 14.8. The van der Waals surface area contributed by atoms with E-state index < -0.39 is 12.4 Å². The third kappa shape index (κ3) is 3.98. The topological polar surface area (TPSA) is 35.2 Å². The first kappa shape index (κ1) is 14.9. The van der Waals surface area contributed by atoms with Gasteiger partial charge in [0.2, 0.25) is 0 Å². The Morgan fingerprint density at radius 1 is 0.900 bits per heavy atom. The maximum absolute atomic E-state index is 12.1. The van der Waals surface area contributed by atoms with Gasteiger partial charge in [-0.05, 0) is 35.4 Å². The van der Waals surface area contributed by atoms with Gasteiger partial charge in [0.25, 0.3) is 0 Å². The summed E-state index contributed by atoms with van der Waals surface area (Å²) in [4.78, 5) is 0. The number of hydrogen-bond donors (Lipinski definition) is 1. The fourth-order valence-corrected chi connectivity index (χ4v) is 2.00. The van der Waals surface area contributed by atoms with Crippen molar-refractivity contribution in [1.82, 2.24) is 0 Å². The predicted octanol–water partition coefficient (Wildman–Crippen LogP) is 4.40. The molecule has 2 rings (SSSR count). The summed E-state index contributed by atoms with van der Waals surface area (Å²) in [6.07, 6.45) is -4.69. The lowest BCUT2D eigenvalue weighted by atomic mass is 10.00. The molecule has 2 N–H and O–H groups in total. The van der Waals surface area contributed by atoms with Gasteiger partial charge in [0.05, 0.1) is 6.04 Å². The average molecular weight is 346 g/mol. The van der Waals surface area contributed by atoms with Crippen molar-refractivity contribution in [3.8, 4) is 5.75 Å². The van der Waals surface area contributed by atoms with Gasteiger partial charge in [-0.15, -0.1) is 13.2 Å². The fourth-order valence-electron chi connectivity index (χ4n) is 1.74. The van der Waals surface area contributed by atoms with Gasteiger partial charge < -0.3 is 10.5 Å². The molecule has 0 aromatic heterocycles. The molecule has 0 spiro atoms. The molecule has 0 bridgehead atoms. The van der Waals surface area contributed by atoms with E-state index >= 15 is 0 Å². The Balaban J connectivity index is 2.15. The first-order valence-corrected chi connectivity index (χ1v) is 6.51. The van der Waals surface area contributed by atoms with Crippen LogP contribution in [0, 0.1) is 0 Å². The van der Waals surface area contributed by atoms with Crippen LogP contribution in [-0.2, 0) is 0 Å². The van der Waals surface area contributed by atoms with Gasteiger partial charge in [-0.25, -0.2) is 0 Å². The molecule has 0 aliphatic carbocycles. The third-order valence-corrected chi connectivity index (χ3v) is 3.23.